The Morgan fingerprint density at radius 1 is 1.04 bits per heavy atom. The summed E-state index contributed by atoms with van der Waals surface area (Å²) in [6.45, 7) is 2.06. The van der Waals surface area contributed by atoms with Crippen LogP contribution in [0.25, 0.3) is 16.6 Å². The van der Waals surface area contributed by atoms with Crippen molar-refractivity contribution < 1.29 is 9.13 Å². The van der Waals surface area contributed by atoms with E-state index in [4.69, 9.17) is 10.5 Å². The third-order valence-electron chi connectivity index (χ3n) is 4.86. The van der Waals surface area contributed by atoms with Gasteiger partial charge in [-0.2, -0.15) is 5.10 Å². The minimum Gasteiger partial charge on any atom is -0.484 e. The molecular weight excluding hydrogens is 353 g/mol. The van der Waals surface area contributed by atoms with Crippen molar-refractivity contribution in [1.82, 2.24) is 9.78 Å². The molecule has 0 aliphatic rings. The van der Waals surface area contributed by atoms with Crippen molar-refractivity contribution in [2.45, 2.75) is 25.5 Å². The third-order valence-corrected chi connectivity index (χ3v) is 4.86. The summed E-state index contributed by atoms with van der Waals surface area (Å²) in [6.07, 6.45) is 2.36. The highest BCUT2D eigenvalue weighted by atomic mass is 19.1. The minimum atomic E-state index is -0.268. The Morgan fingerprint density at radius 3 is 2.50 bits per heavy atom. The third kappa shape index (κ3) is 3.62. The fourth-order valence-corrected chi connectivity index (χ4v) is 3.28. The molecule has 2 N–H and O–H groups in total. The molecule has 142 valence electrons. The number of hydrogen-bond acceptors (Lipinski definition) is 3. The van der Waals surface area contributed by atoms with Crippen LogP contribution < -0.4 is 10.5 Å². The van der Waals surface area contributed by atoms with E-state index in [0.717, 1.165) is 34.3 Å². The Labute approximate surface area is 163 Å². The molecule has 0 fully saturated rings. The number of nitrogens with two attached hydrogens (primary N) is 1. The van der Waals surface area contributed by atoms with Crippen LogP contribution in [0.15, 0.2) is 79.0 Å². The average molecular weight is 375 g/mol. The molecule has 4 aromatic rings. The molecule has 0 bridgehead atoms. The molecular formula is C23H22FN3O. The molecule has 0 aliphatic heterocycles. The predicted molar refractivity (Wildman–Crippen MR) is 109 cm³/mol. The Kier molecular flexibility index (Phi) is 5.08. The number of halogens is 1. The zero-order valence-corrected chi connectivity index (χ0v) is 15.6. The van der Waals surface area contributed by atoms with Gasteiger partial charge in [-0.3, -0.25) is 0 Å². The van der Waals surface area contributed by atoms with Gasteiger partial charge < -0.3 is 10.5 Å². The van der Waals surface area contributed by atoms with Gasteiger partial charge in [-0.1, -0.05) is 37.3 Å². The SMILES string of the molecule is CC[C@H](N)[C@H](Oc1ccc2c(cnn2-c2ccc(F)cc2)c1)c1ccccc1. The van der Waals surface area contributed by atoms with Crippen LogP contribution in [-0.2, 0) is 0 Å². The summed E-state index contributed by atoms with van der Waals surface area (Å²) in [7, 11) is 0. The molecule has 2 atom stereocenters. The highest BCUT2D eigenvalue weighted by Gasteiger charge is 2.20. The van der Waals surface area contributed by atoms with Gasteiger partial charge in [0.2, 0.25) is 0 Å². The van der Waals surface area contributed by atoms with Gasteiger partial charge in [0.25, 0.3) is 0 Å². The smallest absolute Gasteiger partial charge is 0.139 e. The molecule has 3 aromatic carbocycles. The predicted octanol–water partition coefficient (Wildman–Crippen LogP) is 5.02. The summed E-state index contributed by atoms with van der Waals surface area (Å²) in [5.74, 6) is 0.471. The van der Waals surface area contributed by atoms with E-state index < -0.39 is 0 Å². The summed E-state index contributed by atoms with van der Waals surface area (Å²) in [6, 6.07) is 22.0. The van der Waals surface area contributed by atoms with E-state index in [-0.39, 0.29) is 18.0 Å². The van der Waals surface area contributed by atoms with Crippen LogP contribution in [0.2, 0.25) is 0 Å². The van der Waals surface area contributed by atoms with Crippen molar-refractivity contribution in [3.05, 3.63) is 90.4 Å². The van der Waals surface area contributed by atoms with Crippen LogP contribution in [0.1, 0.15) is 25.0 Å². The average Bonchev–Trinajstić information content (AvgIpc) is 3.16. The standard InChI is InChI=1S/C23H22FN3O/c1-2-21(25)23(16-6-4-3-5-7-16)28-20-12-13-22-17(14-20)15-26-27(22)19-10-8-18(24)9-11-19/h3-15,21,23H,2,25H2,1H3/t21-,23+/m0/s1. The number of benzene rings is 3. The molecule has 0 radical (unpaired) electrons. The fourth-order valence-electron chi connectivity index (χ4n) is 3.28. The maximum absolute atomic E-state index is 13.2. The van der Waals surface area contributed by atoms with Crippen LogP contribution in [-0.4, -0.2) is 15.8 Å². The van der Waals surface area contributed by atoms with Gasteiger partial charge in [0, 0.05) is 11.4 Å². The summed E-state index contributed by atoms with van der Waals surface area (Å²) < 4.78 is 21.3. The summed E-state index contributed by atoms with van der Waals surface area (Å²) in [4.78, 5) is 0. The van der Waals surface area contributed by atoms with E-state index >= 15 is 0 Å². The highest BCUT2D eigenvalue weighted by molar-refractivity contribution is 5.81. The summed E-state index contributed by atoms with van der Waals surface area (Å²) in [5, 5.41) is 5.38. The Morgan fingerprint density at radius 2 is 1.79 bits per heavy atom. The van der Waals surface area contributed by atoms with E-state index in [1.54, 1.807) is 23.0 Å². The van der Waals surface area contributed by atoms with E-state index in [1.165, 1.54) is 12.1 Å². The van der Waals surface area contributed by atoms with E-state index in [0.29, 0.717) is 0 Å². The molecule has 0 saturated carbocycles. The quantitative estimate of drug-likeness (QED) is 0.515. The monoisotopic (exact) mass is 375 g/mol. The van der Waals surface area contributed by atoms with Crippen molar-refractivity contribution in [3.63, 3.8) is 0 Å². The van der Waals surface area contributed by atoms with E-state index in [1.807, 2.05) is 48.5 Å². The lowest BCUT2D eigenvalue weighted by Gasteiger charge is -2.25. The van der Waals surface area contributed by atoms with Crippen LogP contribution in [0.4, 0.5) is 4.39 Å². The van der Waals surface area contributed by atoms with Crippen molar-refractivity contribution in [1.29, 1.82) is 0 Å². The first-order chi connectivity index (χ1) is 13.7. The first kappa shape index (κ1) is 18.2. The molecule has 5 heteroatoms. The highest BCUT2D eigenvalue weighted by Crippen LogP contribution is 2.29. The summed E-state index contributed by atoms with van der Waals surface area (Å²) in [5.41, 5.74) is 9.12. The number of nitrogens with zero attached hydrogens (tertiary/aromatic N) is 2. The Hall–Kier alpha value is -3.18. The van der Waals surface area contributed by atoms with Gasteiger partial charge in [-0.15, -0.1) is 0 Å². The Bertz CT molecular complexity index is 1060. The lowest BCUT2D eigenvalue weighted by Crippen LogP contribution is -2.31. The maximum atomic E-state index is 13.2. The zero-order chi connectivity index (χ0) is 19.5. The van der Waals surface area contributed by atoms with Gasteiger partial charge in [0.15, 0.2) is 0 Å². The molecule has 28 heavy (non-hydrogen) atoms. The van der Waals surface area contributed by atoms with Crippen molar-refractivity contribution >= 4 is 10.9 Å². The second kappa shape index (κ2) is 7.82. The Balaban J connectivity index is 1.65. The molecule has 1 aromatic heterocycles. The largest absolute Gasteiger partial charge is 0.484 e. The number of rotatable bonds is 6. The van der Waals surface area contributed by atoms with Crippen molar-refractivity contribution in [3.8, 4) is 11.4 Å². The van der Waals surface area contributed by atoms with Crippen LogP contribution >= 0.6 is 0 Å². The second-order valence-corrected chi connectivity index (χ2v) is 6.77. The molecule has 0 amide bonds. The first-order valence-electron chi connectivity index (χ1n) is 9.36. The lowest BCUT2D eigenvalue weighted by atomic mass is 10.0. The van der Waals surface area contributed by atoms with E-state index in [9.17, 15) is 4.39 Å². The normalized spacial score (nSPS) is 13.4. The fraction of sp³-hybridized carbons (Fsp3) is 0.174. The van der Waals surface area contributed by atoms with Gasteiger partial charge in [0.1, 0.15) is 17.7 Å². The molecule has 4 rings (SSSR count). The maximum Gasteiger partial charge on any atom is 0.139 e. The van der Waals surface area contributed by atoms with Crippen molar-refractivity contribution in [2.75, 3.05) is 0 Å². The molecule has 0 spiro atoms. The van der Waals surface area contributed by atoms with Gasteiger partial charge in [0.05, 0.1) is 17.4 Å². The molecule has 0 saturated heterocycles. The number of fused-ring (bicyclic) bond motifs is 1. The molecule has 0 unspecified atom stereocenters. The minimum absolute atomic E-state index is 0.111. The molecule has 1 heterocycles. The molecule has 0 aliphatic carbocycles. The van der Waals surface area contributed by atoms with Crippen LogP contribution in [0.3, 0.4) is 0 Å². The molecule has 4 nitrogen and oxygen atoms in total. The van der Waals surface area contributed by atoms with Gasteiger partial charge in [-0.25, -0.2) is 9.07 Å². The van der Waals surface area contributed by atoms with Crippen molar-refractivity contribution in [2.24, 2.45) is 5.73 Å². The van der Waals surface area contributed by atoms with Crippen LogP contribution in [0, 0.1) is 5.82 Å². The number of aromatic nitrogens is 2. The zero-order valence-electron chi connectivity index (χ0n) is 15.6. The van der Waals surface area contributed by atoms with E-state index in [2.05, 4.69) is 12.0 Å². The second-order valence-electron chi connectivity index (χ2n) is 6.77. The van der Waals surface area contributed by atoms with Gasteiger partial charge >= 0.3 is 0 Å². The lowest BCUT2D eigenvalue weighted by molar-refractivity contribution is 0.171. The number of ether oxygens (including phenoxy) is 1. The first-order valence-corrected chi connectivity index (χ1v) is 9.36. The van der Waals surface area contributed by atoms with Gasteiger partial charge in [-0.05, 0) is 54.4 Å². The topological polar surface area (TPSA) is 53.1 Å². The van der Waals surface area contributed by atoms with Crippen LogP contribution in [0.5, 0.6) is 5.75 Å². The number of hydrogen-bond donors (Lipinski definition) is 1. The summed E-state index contributed by atoms with van der Waals surface area (Å²) >= 11 is 0.